The summed E-state index contributed by atoms with van der Waals surface area (Å²) >= 11 is 0. The predicted molar refractivity (Wildman–Crippen MR) is 98.1 cm³/mol. The molecule has 1 fully saturated rings. The molecule has 0 unspecified atom stereocenters. The highest BCUT2D eigenvalue weighted by Gasteiger charge is 2.52. The van der Waals surface area contributed by atoms with Crippen LogP contribution in [0.1, 0.15) is 27.2 Å². The van der Waals surface area contributed by atoms with Gasteiger partial charge < -0.3 is 9.16 Å². The molecule has 1 heterocycles. The first-order valence-electron chi connectivity index (χ1n) is 8.38. The molecule has 2 aromatic carbocycles. The Bertz CT molecular complexity index is 652. The van der Waals surface area contributed by atoms with E-state index in [9.17, 15) is 4.79 Å². The van der Waals surface area contributed by atoms with E-state index in [1.54, 1.807) is 0 Å². The number of ether oxygens (including phenoxy) is 1. The smallest absolute Gasteiger partial charge is 0.308 e. The maximum Gasteiger partial charge on any atom is 0.308 e. The first kappa shape index (κ1) is 16.9. The van der Waals surface area contributed by atoms with Gasteiger partial charge in [0.15, 0.2) is 0 Å². The number of carbonyl (C=O) groups excluding carboxylic acids is 1. The Labute approximate surface area is 144 Å². The predicted octanol–water partition coefficient (Wildman–Crippen LogP) is 2.88. The number of rotatable bonds is 4. The van der Waals surface area contributed by atoms with Crippen molar-refractivity contribution >= 4 is 24.7 Å². The van der Waals surface area contributed by atoms with Crippen molar-refractivity contribution in [2.75, 3.05) is 6.61 Å². The zero-order chi connectivity index (χ0) is 17.2. The highest BCUT2D eigenvalue weighted by atomic mass is 28.4. The minimum atomic E-state index is -2.58. The van der Waals surface area contributed by atoms with Crippen LogP contribution in [0.3, 0.4) is 0 Å². The Kier molecular flexibility index (Phi) is 4.61. The Hall–Kier alpha value is -1.91. The van der Waals surface area contributed by atoms with E-state index in [4.69, 9.17) is 9.16 Å². The second-order valence-corrected chi connectivity index (χ2v) is 11.5. The molecule has 24 heavy (non-hydrogen) atoms. The van der Waals surface area contributed by atoms with Crippen molar-refractivity contribution in [3.05, 3.63) is 60.7 Å². The number of benzene rings is 2. The summed E-state index contributed by atoms with van der Waals surface area (Å²) < 4.78 is 12.0. The van der Waals surface area contributed by atoms with Crippen LogP contribution < -0.4 is 10.4 Å². The minimum absolute atomic E-state index is 0.0820. The topological polar surface area (TPSA) is 35.5 Å². The van der Waals surface area contributed by atoms with E-state index in [2.05, 4.69) is 69.3 Å². The molecule has 4 heteroatoms. The summed E-state index contributed by atoms with van der Waals surface area (Å²) in [6.45, 7) is 7.05. The summed E-state index contributed by atoms with van der Waals surface area (Å²) in [7, 11) is -2.58. The summed E-state index contributed by atoms with van der Waals surface area (Å²) in [5, 5.41) is 2.37. The zero-order valence-electron chi connectivity index (χ0n) is 14.5. The fraction of sp³-hybridized carbons (Fsp3) is 0.350. The van der Waals surface area contributed by atoms with Gasteiger partial charge in [-0.05, 0) is 15.4 Å². The van der Waals surface area contributed by atoms with E-state index in [0.717, 1.165) is 0 Å². The first-order chi connectivity index (χ1) is 11.4. The Balaban J connectivity index is 2.15. The number of hydrogen-bond donors (Lipinski definition) is 0. The molecule has 126 valence electrons. The molecular formula is C20H24O3Si. The molecule has 1 atom stereocenters. The van der Waals surface area contributed by atoms with E-state index < -0.39 is 8.32 Å². The van der Waals surface area contributed by atoms with Crippen LogP contribution >= 0.6 is 0 Å². The third-order valence-electron chi connectivity index (χ3n) is 4.58. The lowest BCUT2D eigenvalue weighted by atomic mass is 10.2. The molecule has 0 bridgehead atoms. The third kappa shape index (κ3) is 3.04. The van der Waals surface area contributed by atoms with Crippen molar-refractivity contribution < 1.29 is 14.0 Å². The van der Waals surface area contributed by atoms with Gasteiger partial charge in [0.05, 0.1) is 12.5 Å². The van der Waals surface area contributed by atoms with Gasteiger partial charge in [-0.2, -0.15) is 0 Å². The number of esters is 1. The molecule has 3 nitrogen and oxygen atoms in total. The van der Waals surface area contributed by atoms with Gasteiger partial charge in [-0.1, -0.05) is 81.4 Å². The fourth-order valence-corrected chi connectivity index (χ4v) is 8.17. The van der Waals surface area contributed by atoms with E-state index >= 15 is 0 Å². The highest BCUT2D eigenvalue weighted by molar-refractivity contribution is 6.99. The lowest BCUT2D eigenvalue weighted by Gasteiger charge is -2.44. The number of carbonyl (C=O) groups is 1. The normalized spacial score (nSPS) is 18.5. The van der Waals surface area contributed by atoms with Gasteiger partial charge in [0.2, 0.25) is 0 Å². The van der Waals surface area contributed by atoms with Crippen LogP contribution in [0.5, 0.6) is 0 Å². The maximum absolute atomic E-state index is 11.6. The summed E-state index contributed by atoms with van der Waals surface area (Å²) in [6.07, 6.45) is 0.161. The van der Waals surface area contributed by atoms with E-state index in [0.29, 0.717) is 13.0 Å². The maximum atomic E-state index is 11.6. The van der Waals surface area contributed by atoms with Crippen molar-refractivity contribution in [3.8, 4) is 0 Å². The molecule has 2 aromatic rings. The standard InChI is InChI=1S/C20H24O3Si/c1-20(2,3)24(17-10-6-4-7-11-17,18-12-8-5-9-13-18)23-16-14-19(21)22-15-16/h4-13,16H,14-15H2,1-3H3/t16-/m1/s1. The third-order valence-corrected chi connectivity index (χ3v) is 9.68. The summed E-state index contributed by atoms with van der Waals surface area (Å²) in [6, 6.07) is 20.9. The fourth-order valence-electron chi connectivity index (χ4n) is 3.51. The number of hydrogen-bond acceptors (Lipinski definition) is 3. The van der Waals surface area contributed by atoms with Gasteiger partial charge in [-0.3, -0.25) is 4.79 Å². The van der Waals surface area contributed by atoms with Crippen LogP contribution in [0.4, 0.5) is 0 Å². The average molecular weight is 340 g/mol. The van der Waals surface area contributed by atoms with Gasteiger partial charge in [0.25, 0.3) is 8.32 Å². The Morgan fingerprint density at radius 2 is 1.46 bits per heavy atom. The molecule has 0 spiro atoms. The van der Waals surface area contributed by atoms with Crippen molar-refractivity contribution in [1.29, 1.82) is 0 Å². The zero-order valence-corrected chi connectivity index (χ0v) is 15.5. The molecule has 0 radical (unpaired) electrons. The molecule has 3 rings (SSSR count). The minimum Gasteiger partial charge on any atom is -0.463 e. The van der Waals surface area contributed by atoms with Crippen molar-refractivity contribution in [2.24, 2.45) is 0 Å². The van der Waals surface area contributed by atoms with Crippen molar-refractivity contribution in [2.45, 2.75) is 38.3 Å². The quantitative estimate of drug-likeness (QED) is 0.634. The van der Waals surface area contributed by atoms with Crippen LogP contribution in [0, 0.1) is 0 Å². The molecule has 0 aliphatic carbocycles. The van der Waals surface area contributed by atoms with Crippen LogP contribution in [-0.2, 0) is 14.0 Å². The van der Waals surface area contributed by atoms with Crippen LogP contribution in [0.15, 0.2) is 60.7 Å². The molecular weight excluding hydrogens is 316 g/mol. The molecule has 0 N–H and O–H groups in total. The van der Waals surface area contributed by atoms with Gasteiger partial charge in [0, 0.05) is 0 Å². The largest absolute Gasteiger partial charge is 0.463 e. The molecule has 0 saturated carbocycles. The number of cyclic esters (lactones) is 1. The molecule has 1 aliphatic rings. The van der Waals surface area contributed by atoms with Crippen LogP contribution in [0.2, 0.25) is 5.04 Å². The van der Waals surface area contributed by atoms with Crippen molar-refractivity contribution in [3.63, 3.8) is 0 Å². The summed E-state index contributed by atoms with van der Waals surface area (Å²) in [4.78, 5) is 11.6. The Morgan fingerprint density at radius 1 is 0.958 bits per heavy atom. The SMILES string of the molecule is CC(C)(C)[Si](O[C@H]1COC(=O)C1)(c1ccccc1)c1ccccc1. The average Bonchev–Trinajstić information content (AvgIpc) is 2.98. The highest BCUT2D eigenvalue weighted by Crippen LogP contribution is 2.38. The molecule has 1 aliphatic heterocycles. The van der Waals surface area contributed by atoms with Crippen LogP contribution in [-0.4, -0.2) is 27.0 Å². The monoisotopic (exact) mass is 340 g/mol. The molecule has 0 amide bonds. The Morgan fingerprint density at radius 3 is 1.83 bits per heavy atom. The first-order valence-corrected chi connectivity index (χ1v) is 10.3. The van der Waals surface area contributed by atoms with Gasteiger partial charge >= 0.3 is 5.97 Å². The second-order valence-electron chi connectivity index (χ2n) is 7.29. The van der Waals surface area contributed by atoms with Gasteiger partial charge in [-0.15, -0.1) is 0 Å². The summed E-state index contributed by atoms with van der Waals surface area (Å²) in [5.74, 6) is -0.169. The second kappa shape index (κ2) is 6.53. The van der Waals surface area contributed by atoms with Gasteiger partial charge in [0.1, 0.15) is 6.61 Å². The van der Waals surface area contributed by atoms with Crippen molar-refractivity contribution in [1.82, 2.24) is 0 Å². The lowest BCUT2D eigenvalue weighted by Crippen LogP contribution is -2.67. The lowest BCUT2D eigenvalue weighted by molar-refractivity contribution is -0.137. The molecule has 0 aromatic heterocycles. The molecule has 1 saturated heterocycles. The van der Waals surface area contributed by atoms with E-state index in [1.807, 2.05) is 12.1 Å². The van der Waals surface area contributed by atoms with E-state index in [1.165, 1.54) is 10.4 Å². The summed E-state index contributed by atoms with van der Waals surface area (Å²) in [5.41, 5.74) is 0. The van der Waals surface area contributed by atoms with Crippen LogP contribution in [0.25, 0.3) is 0 Å². The van der Waals surface area contributed by atoms with Gasteiger partial charge in [-0.25, -0.2) is 0 Å². The van der Waals surface area contributed by atoms with E-state index in [-0.39, 0.29) is 17.1 Å².